The summed E-state index contributed by atoms with van der Waals surface area (Å²) in [5.41, 5.74) is 5.13. The molecule has 1 atom stereocenters. The zero-order chi connectivity index (χ0) is 22.7. The molecule has 4 rings (SSSR count). The molecule has 0 aliphatic carbocycles. The van der Waals surface area contributed by atoms with Crippen molar-refractivity contribution in [2.75, 3.05) is 0 Å². The summed E-state index contributed by atoms with van der Waals surface area (Å²) in [4.78, 5) is 0. The van der Waals surface area contributed by atoms with Crippen molar-refractivity contribution in [2.45, 2.75) is 31.6 Å². The fourth-order valence-electron chi connectivity index (χ4n) is 4.28. The molecule has 0 aromatic heterocycles. The van der Waals surface area contributed by atoms with Crippen LogP contribution in [0.25, 0.3) is 0 Å². The Hall–Kier alpha value is -3.72. The van der Waals surface area contributed by atoms with Gasteiger partial charge in [-0.1, -0.05) is 74.5 Å². The maximum atomic E-state index is 10.1. The van der Waals surface area contributed by atoms with Crippen molar-refractivity contribution < 1.29 is 15.3 Å². The van der Waals surface area contributed by atoms with Crippen LogP contribution < -0.4 is 0 Å². The molecule has 0 radical (unpaired) electrons. The van der Waals surface area contributed by atoms with E-state index in [0.717, 1.165) is 27.8 Å². The smallest absolute Gasteiger partial charge is 0.115 e. The van der Waals surface area contributed by atoms with Gasteiger partial charge >= 0.3 is 0 Å². The third-order valence-electron chi connectivity index (χ3n) is 6.23. The molecule has 0 spiro atoms. The topological polar surface area (TPSA) is 60.7 Å². The predicted molar refractivity (Wildman–Crippen MR) is 128 cm³/mol. The molecule has 162 valence electrons. The number of hydrogen-bond acceptors (Lipinski definition) is 3. The Morgan fingerprint density at radius 1 is 0.594 bits per heavy atom. The van der Waals surface area contributed by atoms with Crippen LogP contribution >= 0.6 is 0 Å². The van der Waals surface area contributed by atoms with E-state index in [1.165, 1.54) is 0 Å². The highest BCUT2D eigenvalue weighted by Gasteiger charge is 2.24. The first-order valence-electron chi connectivity index (χ1n) is 10.8. The van der Waals surface area contributed by atoms with Gasteiger partial charge in [0.1, 0.15) is 17.2 Å². The van der Waals surface area contributed by atoms with E-state index >= 15 is 0 Å². The van der Waals surface area contributed by atoms with E-state index in [9.17, 15) is 15.3 Å². The normalized spacial score (nSPS) is 12.4. The standard InChI is InChI=1S/C29H28O3/c1-29(2,24-8-5-11-27(32)19-24)23-14-12-21(13-15-23)28(22-7-4-10-26(31)18-22)17-20-6-3-9-25(30)16-20/h3-16,18-19,28,30-32H,17H2,1-2H3. The summed E-state index contributed by atoms with van der Waals surface area (Å²) >= 11 is 0. The molecule has 3 nitrogen and oxygen atoms in total. The van der Waals surface area contributed by atoms with E-state index < -0.39 is 0 Å². The third-order valence-corrected chi connectivity index (χ3v) is 6.23. The summed E-state index contributed by atoms with van der Waals surface area (Å²) in [6.07, 6.45) is 0.702. The molecule has 0 saturated carbocycles. The number of phenolic OH excluding ortho intramolecular Hbond substituents is 3. The summed E-state index contributed by atoms with van der Waals surface area (Å²) in [7, 11) is 0. The van der Waals surface area contributed by atoms with Gasteiger partial charge < -0.3 is 15.3 Å². The number of aromatic hydroxyl groups is 3. The Morgan fingerprint density at radius 2 is 1.19 bits per heavy atom. The Bertz CT molecular complexity index is 1210. The molecular formula is C29H28O3. The fraction of sp³-hybridized carbons (Fsp3) is 0.172. The molecule has 4 aromatic carbocycles. The molecule has 0 fully saturated rings. The number of rotatable bonds is 6. The van der Waals surface area contributed by atoms with Gasteiger partial charge in [-0.3, -0.25) is 0 Å². The van der Waals surface area contributed by atoms with Crippen LogP contribution in [-0.4, -0.2) is 15.3 Å². The van der Waals surface area contributed by atoms with Crippen molar-refractivity contribution in [1.82, 2.24) is 0 Å². The Morgan fingerprint density at radius 3 is 1.81 bits per heavy atom. The summed E-state index contributed by atoms with van der Waals surface area (Å²) in [5.74, 6) is 0.787. The van der Waals surface area contributed by atoms with Gasteiger partial charge in [0.25, 0.3) is 0 Å². The highest BCUT2D eigenvalue weighted by atomic mass is 16.3. The van der Waals surface area contributed by atoms with E-state index in [1.807, 2.05) is 42.5 Å². The van der Waals surface area contributed by atoms with Crippen LogP contribution in [0.15, 0.2) is 97.1 Å². The highest BCUT2D eigenvalue weighted by Crippen LogP contribution is 2.36. The van der Waals surface area contributed by atoms with Gasteiger partial charge in [0.05, 0.1) is 0 Å². The first-order chi connectivity index (χ1) is 15.3. The second kappa shape index (κ2) is 8.80. The molecule has 0 amide bonds. The van der Waals surface area contributed by atoms with Gasteiger partial charge in [-0.2, -0.15) is 0 Å². The summed E-state index contributed by atoms with van der Waals surface area (Å²) in [6, 6.07) is 30.6. The van der Waals surface area contributed by atoms with Crippen molar-refractivity contribution in [1.29, 1.82) is 0 Å². The van der Waals surface area contributed by atoms with Crippen molar-refractivity contribution in [3.05, 3.63) is 125 Å². The maximum absolute atomic E-state index is 10.1. The zero-order valence-electron chi connectivity index (χ0n) is 18.4. The minimum Gasteiger partial charge on any atom is -0.508 e. The van der Waals surface area contributed by atoms with Crippen molar-refractivity contribution in [2.24, 2.45) is 0 Å². The summed E-state index contributed by atoms with van der Waals surface area (Å²) < 4.78 is 0. The second-order valence-corrected chi connectivity index (χ2v) is 8.82. The van der Waals surface area contributed by atoms with Gasteiger partial charge in [-0.15, -0.1) is 0 Å². The van der Waals surface area contributed by atoms with Crippen molar-refractivity contribution >= 4 is 0 Å². The largest absolute Gasteiger partial charge is 0.508 e. The number of benzene rings is 4. The first kappa shape index (κ1) is 21.5. The zero-order valence-corrected chi connectivity index (χ0v) is 18.4. The molecule has 32 heavy (non-hydrogen) atoms. The van der Waals surface area contributed by atoms with Gasteiger partial charge in [0.15, 0.2) is 0 Å². The Kier molecular flexibility index (Phi) is 5.91. The van der Waals surface area contributed by atoms with E-state index in [-0.39, 0.29) is 28.6 Å². The van der Waals surface area contributed by atoms with Crippen LogP contribution in [0.1, 0.15) is 47.6 Å². The Labute approximate surface area is 189 Å². The molecule has 0 saturated heterocycles. The first-order valence-corrected chi connectivity index (χ1v) is 10.8. The lowest BCUT2D eigenvalue weighted by molar-refractivity contribution is 0.472. The molecule has 3 heteroatoms. The van der Waals surface area contributed by atoms with Crippen LogP contribution in [0.2, 0.25) is 0 Å². The van der Waals surface area contributed by atoms with Crippen molar-refractivity contribution in [3.8, 4) is 17.2 Å². The number of hydrogen-bond donors (Lipinski definition) is 3. The van der Waals surface area contributed by atoms with Gasteiger partial charge in [-0.05, 0) is 70.6 Å². The van der Waals surface area contributed by atoms with Crippen LogP contribution in [0.4, 0.5) is 0 Å². The minimum atomic E-state index is -0.261. The average molecular weight is 425 g/mol. The molecule has 0 aliphatic rings. The van der Waals surface area contributed by atoms with Crippen LogP contribution in [0.5, 0.6) is 17.2 Å². The minimum absolute atomic E-state index is 0.0295. The third kappa shape index (κ3) is 4.62. The van der Waals surface area contributed by atoms with Gasteiger partial charge in [-0.25, -0.2) is 0 Å². The molecule has 0 heterocycles. The van der Waals surface area contributed by atoms with Crippen LogP contribution in [-0.2, 0) is 11.8 Å². The lowest BCUT2D eigenvalue weighted by atomic mass is 9.77. The average Bonchev–Trinajstić information content (AvgIpc) is 2.78. The van der Waals surface area contributed by atoms with Crippen molar-refractivity contribution in [3.63, 3.8) is 0 Å². The van der Waals surface area contributed by atoms with E-state index in [2.05, 4.69) is 38.1 Å². The van der Waals surface area contributed by atoms with Crippen LogP contribution in [0, 0.1) is 0 Å². The predicted octanol–water partition coefficient (Wildman–Crippen LogP) is 6.50. The maximum Gasteiger partial charge on any atom is 0.115 e. The summed E-state index contributed by atoms with van der Waals surface area (Å²) in [6.45, 7) is 4.30. The SMILES string of the molecule is CC(C)(c1ccc(C(Cc2cccc(O)c2)c2cccc(O)c2)cc1)c1cccc(O)c1. The van der Waals surface area contributed by atoms with Crippen LogP contribution in [0.3, 0.4) is 0 Å². The van der Waals surface area contributed by atoms with E-state index in [0.29, 0.717) is 6.42 Å². The van der Waals surface area contributed by atoms with Gasteiger partial charge in [0, 0.05) is 11.3 Å². The molecule has 0 bridgehead atoms. The quantitative estimate of drug-likeness (QED) is 0.331. The monoisotopic (exact) mass is 424 g/mol. The fourth-order valence-corrected chi connectivity index (χ4v) is 4.28. The van der Waals surface area contributed by atoms with Gasteiger partial charge in [0.2, 0.25) is 0 Å². The summed E-state index contributed by atoms with van der Waals surface area (Å²) in [5, 5.41) is 29.9. The molecule has 3 N–H and O–H groups in total. The lowest BCUT2D eigenvalue weighted by Crippen LogP contribution is -2.19. The lowest BCUT2D eigenvalue weighted by Gasteiger charge is -2.27. The molecule has 0 aliphatic heterocycles. The van der Waals surface area contributed by atoms with E-state index in [4.69, 9.17) is 0 Å². The molecule has 4 aromatic rings. The highest BCUT2D eigenvalue weighted by molar-refractivity contribution is 5.44. The number of phenols is 3. The molecule has 1 unspecified atom stereocenters. The second-order valence-electron chi connectivity index (χ2n) is 8.82. The Balaban J connectivity index is 1.70. The molecular weight excluding hydrogens is 396 g/mol. The van der Waals surface area contributed by atoms with E-state index in [1.54, 1.807) is 30.3 Å².